The zero-order valence-corrected chi connectivity index (χ0v) is 11.4. The Labute approximate surface area is 108 Å². The number of hydrogen-bond acceptors (Lipinski definition) is 3. The molecule has 2 rings (SSSR count). The normalized spacial score (nSPS) is 18.2. The van der Waals surface area contributed by atoms with Gasteiger partial charge in [-0.15, -0.1) is 0 Å². The van der Waals surface area contributed by atoms with Crippen molar-refractivity contribution in [3.63, 3.8) is 0 Å². The standard InChI is InChI=1S/C14H22N2O2/c1-10(2)16-8-6-12(7-9-16)15-14(17)13-5-4-11(3)18-13/h4-5,10,12H,6-9H2,1-3H3,(H,15,17). The van der Waals surface area contributed by atoms with Crippen LogP contribution in [-0.2, 0) is 0 Å². The van der Waals surface area contributed by atoms with Gasteiger partial charge in [0.15, 0.2) is 5.76 Å². The Morgan fingerprint density at radius 1 is 1.39 bits per heavy atom. The number of likely N-dealkylation sites (tertiary alicyclic amines) is 1. The van der Waals surface area contributed by atoms with Crippen molar-refractivity contribution in [1.29, 1.82) is 0 Å². The maximum absolute atomic E-state index is 11.9. The molecule has 0 saturated carbocycles. The Bertz CT molecular complexity index is 404. The van der Waals surface area contributed by atoms with Crippen LogP contribution in [0.5, 0.6) is 0 Å². The van der Waals surface area contributed by atoms with Gasteiger partial charge >= 0.3 is 0 Å². The molecule has 18 heavy (non-hydrogen) atoms. The number of carbonyl (C=O) groups excluding carboxylic acids is 1. The summed E-state index contributed by atoms with van der Waals surface area (Å²) in [5.74, 6) is 1.10. The molecule has 4 nitrogen and oxygen atoms in total. The van der Waals surface area contributed by atoms with Crippen LogP contribution in [0.2, 0.25) is 0 Å². The van der Waals surface area contributed by atoms with Crippen LogP contribution >= 0.6 is 0 Å². The minimum Gasteiger partial charge on any atom is -0.456 e. The van der Waals surface area contributed by atoms with Gasteiger partial charge in [0.25, 0.3) is 5.91 Å². The van der Waals surface area contributed by atoms with Gasteiger partial charge in [-0.1, -0.05) is 0 Å². The maximum Gasteiger partial charge on any atom is 0.287 e. The molecule has 0 spiro atoms. The Morgan fingerprint density at radius 2 is 2.06 bits per heavy atom. The zero-order valence-electron chi connectivity index (χ0n) is 11.4. The van der Waals surface area contributed by atoms with Crippen LogP contribution < -0.4 is 5.32 Å². The molecule has 0 bridgehead atoms. The number of aryl methyl sites for hydroxylation is 1. The number of piperidine rings is 1. The third-order valence-electron chi connectivity index (χ3n) is 3.56. The Balaban J connectivity index is 1.83. The first-order chi connectivity index (χ1) is 8.56. The molecule has 1 N–H and O–H groups in total. The lowest BCUT2D eigenvalue weighted by Gasteiger charge is -2.34. The highest BCUT2D eigenvalue weighted by molar-refractivity contribution is 5.91. The highest BCUT2D eigenvalue weighted by atomic mass is 16.3. The van der Waals surface area contributed by atoms with Crippen molar-refractivity contribution < 1.29 is 9.21 Å². The molecule has 0 unspecified atom stereocenters. The van der Waals surface area contributed by atoms with Crippen molar-refractivity contribution >= 4 is 5.91 Å². The number of amides is 1. The molecule has 1 amide bonds. The predicted molar refractivity (Wildman–Crippen MR) is 70.6 cm³/mol. The molecule has 0 aliphatic carbocycles. The Kier molecular flexibility index (Phi) is 4.07. The highest BCUT2D eigenvalue weighted by Crippen LogP contribution is 2.14. The smallest absolute Gasteiger partial charge is 0.287 e. The van der Waals surface area contributed by atoms with Crippen molar-refractivity contribution in [3.8, 4) is 0 Å². The predicted octanol–water partition coefficient (Wildman–Crippen LogP) is 2.19. The summed E-state index contributed by atoms with van der Waals surface area (Å²) in [5.41, 5.74) is 0. The lowest BCUT2D eigenvalue weighted by molar-refractivity contribution is 0.0872. The molecular formula is C14H22N2O2. The molecule has 1 aliphatic rings. The monoisotopic (exact) mass is 250 g/mol. The molecule has 2 heterocycles. The summed E-state index contributed by atoms with van der Waals surface area (Å²) in [6.45, 7) is 8.38. The number of furan rings is 1. The van der Waals surface area contributed by atoms with Crippen molar-refractivity contribution in [3.05, 3.63) is 23.7 Å². The van der Waals surface area contributed by atoms with Crippen LogP contribution in [0.25, 0.3) is 0 Å². The largest absolute Gasteiger partial charge is 0.456 e. The fourth-order valence-corrected chi connectivity index (χ4v) is 2.37. The summed E-state index contributed by atoms with van der Waals surface area (Å²) < 4.78 is 5.32. The molecule has 1 aromatic heterocycles. The minimum absolute atomic E-state index is 0.0916. The molecule has 0 aromatic carbocycles. The van der Waals surface area contributed by atoms with Crippen molar-refractivity contribution in [2.45, 2.75) is 45.7 Å². The third-order valence-corrected chi connectivity index (χ3v) is 3.56. The van der Waals surface area contributed by atoms with Crippen LogP contribution in [0.1, 0.15) is 43.0 Å². The summed E-state index contributed by atoms with van der Waals surface area (Å²) in [7, 11) is 0. The number of hydrogen-bond donors (Lipinski definition) is 1. The quantitative estimate of drug-likeness (QED) is 0.894. The average molecular weight is 250 g/mol. The summed E-state index contributed by atoms with van der Waals surface area (Å²) in [6, 6.07) is 4.41. The van der Waals surface area contributed by atoms with E-state index in [9.17, 15) is 4.79 Å². The van der Waals surface area contributed by atoms with Gasteiger partial charge in [-0.3, -0.25) is 4.79 Å². The van der Waals surface area contributed by atoms with Gasteiger partial charge < -0.3 is 14.6 Å². The molecule has 1 saturated heterocycles. The van der Waals surface area contributed by atoms with E-state index >= 15 is 0 Å². The van der Waals surface area contributed by atoms with Crippen LogP contribution in [0.4, 0.5) is 0 Å². The van der Waals surface area contributed by atoms with Crippen LogP contribution in [0.3, 0.4) is 0 Å². The van der Waals surface area contributed by atoms with E-state index in [1.807, 2.05) is 13.0 Å². The van der Waals surface area contributed by atoms with E-state index < -0.39 is 0 Å². The van der Waals surface area contributed by atoms with E-state index in [1.165, 1.54) is 0 Å². The fraction of sp³-hybridized carbons (Fsp3) is 0.643. The summed E-state index contributed by atoms with van der Waals surface area (Å²) >= 11 is 0. The molecule has 4 heteroatoms. The van der Waals surface area contributed by atoms with E-state index in [2.05, 4.69) is 24.1 Å². The van der Waals surface area contributed by atoms with E-state index in [-0.39, 0.29) is 11.9 Å². The van der Waals surface area contributed by atoms with E-state index in [4.69, 9.17) is 4.42 Å². The molecule has 1 fully saturated rings. The lowest BCUT2D eigenvalue weighted by Crippen LogP contribution is -2.46. The average Bonchev–Trinajstić information content (AvgIpc) is 2.76. The van der Waals surface area contributed by atoms with Crippen molar-refractivity contribution in [2.75, 3.05) is 13.1 Å². The minimum atomic E-state index is -0.0916. The summed E-state index contributed by atoms with van der Waals surface area (Å²) in [4.78, 5) is 14.4. The second-order valence-corrected chi connectivity index (χ2v) is 5.29. The first-order valence-electron chi connectivity index (χ1n) is 6.67. The van der Waals surface area contributed by atoms with Crippen LogP contribution in [0.15, 0.2) is 16.5 Å². The van der Waals surface area contributed by atoms with Crippen LogP contribution in [-0.4, -0.2) is 36.0 Å². The van der Waals surface area contributed by atoms with Gasteiger partial charge in [-0.25, -0.2) is 0 Å². The van der Waals surface area contributed by atoms with Gasteiger partial charge in [0.2, 0.25) is 0 Å². The molecule has 1 aromatic rings. The van der Waals surface area contributed by atoms with Gasteiger partial charge in [0, 0.05) is 25.2 Å². The number of carbonyl (C=O) groups is 1. The van der Waals surface area contributed by atoms with Gasteiger partial charge in [0.1, 0.15) is 5.76 Å². The molecule has 0 radical (unpaired) electrons. The van der Waals surface area contributed by atoms with E-state index in [1.54, 1.807) is 6.07 Å². The topological polar surface area (TPSA) is 45.5 Å². The molecule has 0 atom stereocenters. The maximum atomic E-state index is 11.9. The zero-order chi connectivity index (χ0) is 13.1. The Hall–Kier alpha value is -1.29. The van der Waals surface area contributed by atoms with Gasteiger partial charge in [-0.2, -0.15) is 0 Å². The van der Waals surface area contributed by atoms with Gasteiger partial charge in [0.05, 0.1) is 0 Å². The number of nitrogens with zero attached hydrogens (tertiary/aromatic N) is 1. The SMILES string of the molecule is Cc1ccc(C(=O)NC2CCN(C(C)C)CC2)o1. The number of rotatable bonds is 3. The lowest BCUT2D eigenvalue weighted by atomic mass is 10.0. The second-order valence-electron chi connectivity index (χ2n) is 5.29. The molecular weight excluding hydrogens is 228 g/mol. The summed E-state index contributed by atoms with van der Waals surface area (Å²) in [6.07, 6.45) is 2.03. The number of nitrogens with one attached hydrogen (secondary N) is 1. The fourth-order valence-electron chi connectivity index (χ4n) is 2.37. The first kappa shape index (κ1) is 13.1. The molecule has 100 valence electrons. The van der Waals surface area contributed by atoms with Crippen molar-refractivity contribution in [2.24, 2.45) is 0 Å². The van der Waals surface area contributed by atoms with E-state index in [0.29, 0.717) is 11.8 Å². The highest BCUT2D eigenvalue weighted by Gasteiger charge is 2.23. The second kappa shape index (κ2) is 5.57. The van der Waals surface area contributed by atoms with Crippen molar-refractivity contribution in [1.82, 2.24) is 10.2 Å². The molecule has 1 aliphatic heterocycles. The Morgan fingerprint density at radius 3 is 2.56 bits per heavy atom. The third kappa shape index (κ3) is 3.13. The first-order valence-corrected chi connectivity index (χ1v) is 6.67. The van der Waals surface area contributed by atoms with E-state index in [0.717, 1.165) is 31.7 Å². The summed E-state index contributed by atoms with van der Waals surface area (Å²) in [5, 5.41) is 3.05. The van der Waals surface area contributed by atoms with Gasteiger partial charge in [-0.05, 0) is 45.7 Å². The van der Waals surface area contributed by atoms with Crippen LogP contribution in [0, 0.1) is 6.92 Å².